The van der Waals surface area contributed by atoms with Gasteiger partial charge < -0.3 is 20.3 Å². The number of ether oxygens (including phenoxy) is 1. The first kappa shape index (κ1) is 34.7. The van der Waals surface area contributed by atoms with Crippen LogP contribution < -0.4 is 10.5 Å². The van der Waals surface area contributed by atoms with Crippen LogP contribution in [-0.2, 0) is 21.8 Å². The van der Waals surface area contributed by atoms with Crippen molar-refractivity contribution in [3.63, 3.8) is 0 Å². The number of amides is 2. The molecule has 0 saturated carbocycles. The van der Waals surface area contributed by atoms with Crippen molar-refractivity contribution in [1.82, 2.24) is 30.0 Å². The lowest BCUT2D eigenvalue weighted by atomic mass is 9.71. The van der Waals surface area contributed by atoms with Crippen molar-refractivity contribution < 1.29 is 27.5 Å². The van der Waals surface area contributed by atoms with Gasteiger partial charge in [0.2, 0.25) is 5.91 Å². The molecule has 3 aromatic carbocycles. The number of nitrogens with zero attached hydrogens (tertiary/aromatic N) is 6. The number of hydrogen-bond donors (Lipinski definition) is 1. The SMILES string of the molecule is COc1ccc(-n2nnnc2C(F)(F)F)cc1C(=O)N1CCC(CCN2CCC(C(N)=O)(c3ccccc3)CC2)(c2ccc(Cl)c(Cl)c2)C1. The van der Waals surface area contributed by atoms with Gasteiger partial charge in [0.1, 0.15) is 5.75 Å². The van der Waals surface area contributed by atoms with E-state index in [1.54, 1.807) is 11.0 Å². The Hall–Kier alpha value is -4.20. The third-order valence-corrected chi connectivity index (χ3v) is 10.7. The number of carbonyl (C=O) groups is 2. The number of likely N-dealkylation sites (tertiary alicyclic amines) is 2. The summed E-state index contributed by atoms with van der Waals surface area (Å²) in [6, 6.07) is 19.2. The zero-order valence-electron chi connectivity index (χ0n) is 26.6. The number of rotatable bonds is 9. The number of carbonyl (C=O) groups excluding carboxylic acids is 2. The molecule has 3 heterocycles. The van der Waals surface area contributed by atoms with Crippen LogP contribution in [0.1, 0.15) is 53.0 Å². The lowest BCUT2D eigenvalue weighted by Gasteiger charge is -2.41. The standard InChI is InChI=1S/C34H34Cl2F3N7O3/c1-49-28-10-8-24(46-31(34(37,38)39)41-42-43-46)20-25(28)29(47)45-18-12-32(21-45,23-7-9-26(35)27(36)19-23)11-15-44-16-13-33(14-17-44,30(40)48)22-5-3-2-4-6-22/h2-10,19-20H,11-18,21H2,1H3,(H2,40,48). The van der Waals surface area contributed by atoms with Gasteiger partial charge in [0.15, 0.2) is 0 Å². The normalized spacial score (nSPS) is 19.6. The molecule has 2 N–H and O–H groups in total. The van der Waals surface area contributed by atoms with E-state index in [1.807, 2.05) is 42.5 Å². The lowest BCUT2D eigenvalue weighted by molar-refractivity contribution is -0.146. The van der Waals surface area contributed by atoms with E-state index in [9.17, 15) is 22.8 Å². The fourth-order valence-corrected chi connectivity index (χ4v) is 7.42. The van der Waals surface area contributed by atoms with Crippen LogP contribution in [0.5, 0.6) is 5.75 Å². The summed E-state index contributed by atoms with van der Waals surface area (Å²) in [5.74, 6) is -1.85. The Morgan fingerprint density at radius 1 is 0.939 bits per heavy atom. The number of benzene rings is 3. The maximum Gasteiger partial charge on any atom is 0.453 e. The average molecular weight is 717 g/mol. The summed E-state index contributed by atoms with van der Waals surface area (Å²) in [6.45, 7) is 2.71. The topological polar surface area (TPSA) is 119 Å². The number of primary amides is 1. The Balaban J connectivity index is 1.24. The fraction of sp³-hybridized carbons (Fsp3) is 0.382. The predicted molar refractivity (Wildman–Crippen MR) is 177 cm³/mol. The lowest BCUT2D eigenvalue weighted by Crippen LogP contribution is -2.50. The number of alkyl halides is 3. The number of hydrogen-bond acceptors (Lipinski definition) is 7. The largest absolute Gasteiger partial charge is 0.496 e. The Morgan fingerprint density at radius 2 is 1.67 bits per heavy atom. The van der Waals surface area contributed by atoms with Crippen molar-refractivity contribution in [1.29, 1.82) is 0 Å². The second-order valence-electron chi connectivity index (χ2n) is 12.6. The minimum absolute atomic E-state index is 0.0379. The molecule has 2 amide bonds. The van der Waals surface area contributed by atoms with E-state index in [0.29, 0.717) is 73.1 Å². The van der Waals surface area contributed by atoms with Gasteiger partial charge in [-0.2, -0.15) is 17.9 Å². The molecule has 15 heteroatoms. The van der Waals surface area contributed by atoms with Crippen molar-refractivity contribution in [2.24, 2.45) is 5.73 Å². The highest BCUT2D eigenvalue weighted by molar-refractivity contribution is 6.42. The smallest absolute Gasteiger partial charge is 0.453 e. The minimum atomic E-state index is -4.81. The van der Waals surface area contributed by atoms with Crippen molar-refractivity contribution in [2.75, 3.05) is 39.8 Å². The Bertz CT molecular complexity index is 1850. The van der Waals surface area contributed by atoms with Crippen LogP contribution in [0.4, 0.5) is 13.2 Å². The van der Waals surface area contributed by atoms with Crippen LogP contribution in [0.25, 0.3) is 5.69 Å². The summed E-state index contributed by atoms with van der Waals surface area (Å²) in [5.41, 5.74) is 6.61. The molecule has 10 nitrogen and oxygen atoms in total. The highest BCUT2D eigenvalue weighted by Crippen LogP contribution is 2.42. The summed E-state index contributed by atoms with van der Waals surface area (Å²) in [4.78, 5) is 30.8. The number of tetrazole rings is 1. The van der Waals surface area contributed by atoms with Gasteiger partial charge in [0.05, 0.1) is 33.8 Å². The third-order valence-electron chi connectivity index (χ3n) is 9.97. The zero-order chi connectivity index (χ0) is 35.0. The molecule has 49 heavy (non-hydrogen) atoms. The molecule has 1 unspecified atom stereocenters. The molecule has 2 saturated heterocycles. The van der Waals surface area contributed by atoms with Gasteiger partial charge in [0.25, 0.3) is 11.7 Å². The van der Waals surface area contributed by atoms with E-state index in [2.05, 4.69) is 20.4 Å². The summed E-state index contributed by atoms with van der Waals surface area (Å²) < 4.78 is 46.7. The maximum absolute atomic E-state index is 14.1. The molecule has 6 rings (SSSR count). The molecule has 0 aliphatic carbocycles. The van der Waals surface area contributed by atoms with E-state index < -0.39 is 28.7 Å². The molecular formula is C34H34Cl2F3N7O3. The number of nitrogens with two attached hydrogens (primary N) is 1. The fourth-order valence-electron chi connectivity index (χ4n) is 7.12. The summed E-state index contributed by atoms with van der Waals surface area (Å²) in [7, 11) is 1.39. The van der Waals surface area contributed by atoms with Gasteiger partial charge >= 0.3 is 6.18 Å². The maximum atomic E-state index is 14.1. The monoisotopic (exact) mass is 715 g/mol. The second kappa shape index (κ2) is 13.6. The average Bonchev–Trinajstić information content (AvgIpc) is 3.78. The van der Waals surface area contributed by atoms with Crippen LogP contribution in [0, 0.1) is 0 Å². The van der Waals surface area contributed by atoms with Gasteiger partial charge in [0, 0.05) is 18.5 Å². The quantitative estimate of drug-likeness (QED) is 0.237. The highest BCUT2D eigenvalue weighted by Gasteiger charge is 2.45. The summed E-state index contributed by atoms with van der Waals surface area (Å²) >= 11 is 12.8. The summed E-state index contributed by atoms with van der Waals surface area (Å²) in [6.07, 6.45) is -2.36. The molecule has 1 atom stereocenters. The third kappa shape index (κ3) is 6.71. The summed E-state index contributed by atoms with van der Waals surface area (Å²) in [5, 5.41) is 10.6. The minimum Gasteiger partial charge on any atom is -0.496 e. The van der Waals surface area contributed by atoms with Crippen LogP contribution in [0.2, 0.25) is 10.0 Å². The van der Waals surface area contributed by atoms with E-state index in [0.717, 1.165) is 11.1 Å². The van der Waals surface area contributed by atoms with E-state index in [-0.39, 0.29) is 22.9 Å². The van der Waals surface area contributed by atoms with Crippen molar-refractivity contribution in [3.8, 4) is 11.4 Å². The molecule has 2 fully saturated rings. The number of aromatic nitrogens is 4. The van der Waals surface area contributed by atoms with Crippen molar-refractivity contribution >= 4 is 35.0 Å². The van der Waals surface area contributed by atoms with Gasteiger partial charge in [-0.05, 0) is 97.2 Å². The highest BCUT2D eigenvalue weighted by atomic mass is 35.5. The molecule has 4 aromatic rings. The van der Waals surface area contributed by atoms with Gasteiger partial charge in [-0.1, -0.05) is 59.6 Å². The molecule has 1 aromatic heterocycles. The van der Waals surface area contributed by atoms with Crippen LogP contribution in [0.3, 0.4) is 0 Å². The van der Waals surface area contributed by atoms with Crippen LogP contribution in [-0.4, -0.2) is 81.7 Å². The number of halogens is 5. The van der Waals surface area contributed by atoms with Gasteiger partial charge in [-0.25, -0.2) is 0 Å². The number of piperidine rings is 1. The Labute approximate surface area is 290 Å². The molecule has 2 aliphatic rings. The zero-order valence-corrected chi connectivity index (χ0v) is 28.1. The van der Waals surface area contributed by atoms with Crippen LogP contribution >= 0.6 is 23.2 Å². The second-order valence-corrected chi connectivity index (χ2v) is 13.4. The van der Waals surface area contributed by atoms with E-state index in [1.165, 1.54) is 25.3 Å². The molecule has 258 valence electrons. The molecule has 2 aliphatic heterocycles. The van der Waals surface area contributed by atoms with Gasteiger partial charge in [-0.3, -0.25) is 9.59 Å². The molecule has 0 bridgehead atoms. The van der Waals surface area contributed by atoms with E-state index >= 15 is 0 Å². The van der Waals surface area contributed by atoms with Crippen LogP contribution in [0.15, 0.2) is 66.7 Å². The molecular weight excluding hydrogens is 682 g/mol. The molecule has 0 spiro atoms. The Morgan fingerprint density at radius 3 is 2.33 bits per heavy atom. The van der Waals surface area contributed by atoms with Gasteiger partial charge in [-0.15, -0.1) is 5.10 Å². The van der Waals surface area contributed by atoms with Crippen molar-refractivity contribution in [2.45, 2.75) is 42.7 Å². The Kier molecular flexibility index (Phi) is 9.62. The van der Waals surface area contributed by atoms with E-state index in [4.69, 9.17) is 33.7 Å². The first-order chi connectivity index (χ1) is 23.4. The van der Waals surface area contributed by atoms with Crippen molar-refractivity contribution in [3.05, 3.63) is 99.3 Å². The molecule has 0 radical (unpaired) electrons. The predicted octanol–water partition coefficient (Wildman–Crippen LogP) is 5.69. The first-order valence-corrected chi connectivity index (χ1v) is 16.5. The first-order valence-electron chi connectivity index (χ1n) is 15.7. The number of methoxy groups -OCH3 is 1.